The van der Waals surface area contributed by atoms with Crippen LogP contribution in [0.15, 0.2) is 47.8 Å². The molecule has 5 amide bonds. The minimum absolute atomic E-state index is 0. The summed E-state index contributed by atoms with van der Waals surface area (Å²) in [5, 5.41) is 16.6. The number of aliphatic hydroxyl groups is 1. The van der Waals surface area contributed by atoms with E-state index in [0.717, 1.165) is 37.0 Å². The number of nitrogens with two attached hydrogens (primary N) is 3. The number of aliphatic hydroxyl groups excluding tert-OH is 1. The number of imide groups is 1. The number of rotatable bonds is 21. The Labute approximate surface area is 364 Å². The maximum absolute atomic E-state index is 15.2. The fraction of sp³-hybridized carbons (Fsp3) is 0.634. The van der Waals surface area contributed by atoms with Crippen LogP contribution in [-0.2, 0) is 36.8 Å². The Kier molecular flexibility index (Phi) is 22.7. The molecule has 1 saturated heterocycles. The van der Waals surface area contributed by atoms with Crippen molar-refractivity contribution < 1.29 is 33.9 Å². The number of likely N-dealkylation sites (tertiary alicyclic amines) is 1. The van der Waals surface area contributed by atoms with E-state index in [1.54, 1.807) is 44.3 Å². The van der Waals surface area contributed by atoms with Crippen molar-refractivity contribution in [3.05, 3.63) is 54.1 Å². The molecule has 10 N–H and O–H groups in total. The van der Waals surface area contributed by atoms with Gasteiger partial charge in [0.05, 0.1) is 30.6 Å². The molecule has 2 aromatic rings. The molecule has 0 spiro atoms. The number of hydrogen-bond acceptors (Lipinski definition) is 12. The monoisotopic (exact) mass is 878 g/mol. The molecule has 4 rings (SSSR count). The summed E-state index contributed by atoms with van der Waals surface area (Å²) in [7, 11) is 1.79. The Morgan fingerprint density at radius 1 is 1.08 bits per heavy atom. The summed E-state index contributed by atoms with van der Waals surface area (Å²) >= 11 is 0. The van der Waals surface area contributed by atoms with Crippen LogP contribution in [0.2, 0.25) is 0 Å². The topological polar surface area (TPSA) is 272 Å². The van der Waals surface area contributed by atoms with Gasteiger partial charge in [-0.15, -0.1) is 24.8 Å². The van der Waals surface area contributed by atoms with Crippen molar-refractivity contribution in [3.8, 4) is 0 Å². The number of piperidine rings is 1. The molecule has 2 heterocycles. The Bertz CT molecular complexity index is 1700. The average Bonchev–Trinajstić information content (AvgIpc) is 3.74. The van der Waals surface area contributed by atoms with Gasteiger partial charge in [-0.2, -0.15) is 4.99 Å². The van der Waals surface area contributed by atoms with E-state index in [4.69, 9.17) is 17.2 Å². The van der Waals surface area contributed by atoms with Crippen molar-refractivity contribution in [3.63, 3.8) is 0 Å². The minimum Gasteiger partial charge on any atom is -0.393 e. The van der Waals surface area contributed by atoms with Gasteiger partial charge in [0.25, 0.3) is 5.91 Å². The zero-order valence-electron chi connectivity index (χ0n) is 34.6. The van der Waals surface area contributed by atoms with Gasteiger partial charge in [0.1, 0.15) is 18.1 Å². The maximum Gasteiger partial charge on any atom is 0.315 e. The standard InChI is InChI=1S/C41H62N10O7.2ClH/c1-3-30(53)19-37(54)51(40(57)34(18-29-23-46-24-47-29)49-39(56)33(48-25-52)16-26-10-6-4-7-11-26)36(20-32(43)31(21-42)28-12-8-5-9-13-28)38(55)35-17-27(22-45-2)14-15-50(35)41(44)58;;/h4,6-7,10-11,23-24,27-28,30-36,45,53H,3,5,8-9,12-22,42-43H2,1-2H3,(H2,44,58)(H,46,47)(H,49,56);2*1H/t27?,30-,31?,32-,33-,34-,35?,36-;;/m0../s1. The summed E-state index contributed by atoms with van der Waals surface area (Å²) in [6.45, 7) is 2.61. The Balaban J connectivity index is 0.00000620. The van der Waals surface area contributed by atoms with E-state index < -0.39 is 72.3 Å². The number of primary amides is 1. The van der Waals surface area contributed by atoms with Gasteiger partial charge in [0.15, 0.2) is 5.78 Å². The quantitative estimate of drug-likeness (QED) is 0.0703. The molecule has 1 aromatic carbocycles. The number of aliphatic imine (C=N–C) groups is 1. The van der Waals surface area contributed by atoms with E-state index in [2.05, 4.69) is 25.6 Å². The number of amides is 5. The fourth-order valence-electron chi connectivity index (χ4n) is 8.57. The van der Waals surface area contributed by atoms with Crippen molar-refractivity contribution in [1.29, 1.82) is 0 Å². The van der Waals surface area contributed by atoms with Crippen LogP contribution in [0.1, 0.15) is 82.4 Å². The minimum atomic E-state index is -1.54. The van der Waals surface area contributed by atoms with Crippen LogP contribution in [0.5, 0.6) is 0 Å². The number of nitrogens with one attached hydrogen (secondary N) is 3. The molecule has 1 saturated carbocycles. The normalized spacial score (nSPS) is 19.7. The summed E-state index contributed by atoms with van der Waals surface area (Å²) in [5.41, 5.74) is 20.3. The van der Waals surface area contributed by atoms with E-state index in [1.165, 1.54) is 23.5 Å². The summed E-state index contributed by atoms with van der Waals surface area (Å²) in [6.07, 6.45) is 8.11. The number of isocyanates is 1. The molecule has 1 aromatic heterocycles. The summed E-state index contributed by atoms with van der Waals surface area (Å²) < 4.78 is 0. The fourth-order valence-corrected chi connectivity index (χ4v) is 8.57. The van der Waals surface area contributed by atoms with Crippen molar-refractivity contribution >= 4 is 60.4 Å². The first-order chi connectivity index (χ1) is 27.9. The molecular weight excluding hydrogens is 815 g/mol. The Morgan fingerprint density at radius 2 is 1.78 bits per heavy atom. The molecule has 2 aliphatic rings. The van der Waals surface area contributed by atoms with E-state index in [9.17, 15) is 24.3 Å². The van der Waals surface area contributed by atoms with Crippen LogP contribution >= 0.6 is 24.8 Å². The van der Waals surface area contributed by atoms with Crippen molar-refractivity contribution in [2.45, 2.75) is 120 Å². The van der Waals surface area contributed by atoms with Gasteiger partial charge in [-0.3, -0.25) is 24.1 Å². The largest absolute Gasteiger partial charge is 0.393 e. The highest BCUT2D eigenvalue weighted by Crippen LogP contribution is 2.34. The molecule has 1 aliphatic carbocycles. The number of benzene rings is 1. The van der Waals surface area contributed by atoms with Gasteiger partial charge < -0.3 is 42.8 Å². The molecule has 60 heavy (non-hydrogen) atoms. The Hall–Kier alpha value is -4.22. The number of carbonyl (C=O) groups is 5. The predicted octanol–water partition coefficient (Wildman–Crippen LogP) is 1.93. The Morgan fingerprint density at radius 3 is 2.37 bits per heavy atom. The number of halogens is 2. The van der Waals surface area contributed by atoms with E-state index in [0.29, 0.717) is 24.2 Å². The number of urea groups is 1. The molecule has 8 atom stereocenters. The number of hydrogen-bond donors (Lipinski definition) is 7. The number of H-pyrrole nitrogens is 1. The molecule has 334 valence electrons. The second-order valence-electron chi connectivity index (χ2n) is 15.7. The molecule has 0 bridgehead atoms. The van der Waals surface area contributed by atoms with Gasteiger partial charge in [-0.1, -0.05) is 69.4 Å². The summed E-state index contributed by atoms with van der Waals surface area (Å²) in [4.78, 5) is 96.3. The van der Waals surface area contributed by atoms with Crippen molar-refractivity contribution in [1.82, 2.24) is 30.4 Å². The second-order valence-corrected chi connectivity index (χ2v) is 15.7. The first-order valence-electron chi connectivity index (χ1n) is 20.5. The number of aromatic amines is 1. The number of ketones is 1. The number of nitrogens with zero attached hydrogens (tertiary/aromatic N) is 4. The van der Waals surface area contributed by atoms with Crippen LogP contribution in [0, 0.1) is 17.8 Å². The molecular formula is C41H64Cl2N10O7. The average molecular weight is 880 g/mol. The third-order valence-electron chi connectivity index (χ3n) is 11.8. The molecule has 17 nitrogen and oxygen atoms in total. The van der Waals surface area contributed by atoms with Crippen molar-refractivity contribution in [2.24, 2.45) is 39.9 Å². The lowest BCUT2D eigenvalue weighted by atomic mass is 9.74. The first kappa shape index (κ1) is 51.9. The smallest absolute Gasteiger partial charge is 0.315 e. The third-order valence-corrected chi connectivity index (χ3v) is 11.8. The zero-order valence-corrected chi connectivity index (χ0v) is 36.2. The highest BCUT2D eigenvalue weighted by molar-refractivity contribution is 6.05. The number of Topliss-reactive ketones (excluding diaryl/α,β-unsaturated/α-hetero) is 1. The zero-order chi connectivity index (χ0) is 42.2. The van der Waals surface area contributed by atoms with Gasteiger partial charge in [-0.05, 0) is 69.1 Å². The van der Waals surface area contributed by atoms with Crippen LogP contribution in [0.3, 0.4) is 0 Å². The van der Waals surface area contributed by atoms with Crippen molar-refractivity contribution in [2.75, 3.05) is 26.7 Å². The molecule has 2 fully saturated rings. The summed E-state index contributed by atoms with van der Waals surface area (Å²) in [5.74, 6) is -3.36. The predicted molar refractivity (Wildman–Crippen MR) is 231 cm³/mol. The van der Waals surface area contributed by atoms with Crippen LogP contribution in [0.25, 0.3) is 0 Å². The van der Waals surface area contributed by atoms with Gasteiger partial charge in [-0.25, -0.2) is 14.6 Å². The maximum atomic E-state index is 15.2. The molecule has 19 heteroatoms. The SMILES string of the molecule is CC[C@H](O)CC(=O)N(C(=O)[C@H](Cc1c[nH]cn1)NC(=O)[C@H](Cc1ccccc1)N=C=O)[C@@H](C[C@H](N)C(CN)C1CCCCC1)C(=O)C1CC(CNC)CCN1C(N)=O.Cl.Cl. The summed E-state index contributed by atoms with van der Waals surface area (Å²) in [6, 6.07) is 1.84. The molecule has 3 unspecified atom stereocenters. The molecule has 1 aliphatic heterocycles. The van der Waals surface area contributed by atoms with E-state index >= 15 is 9.59 Å². The lowest BCUT2D eigenvalue weighted by Gasteiger charge is -2.42. The van der Waals surface area contributed by atoms with Crippen LogP contribution < -0.4 is 27.8 Å². The highest BCUT2D eigenvalue weighted by Gasteiger charge is 2.46. The van der Waals surface area contributed by atoms with E-state index in [1.807, 2.05) is 0 Å². The first-order valence-corrected chi connectivity index (χ1v) is 20.5. The van der Waals surface area contributed by atoms with E-state index in [-0.39, 0.29) is 87.8 Å². The number of aromatic nitrogens is 2. The number of imidazole rings is 1. The van der Waals surface area contributed by atoms with Crippen LogP contribution in [0.4, 0.5) is 4.79 Å². The van der Waals surface area contributed by atoms with Crippen LogP contribution in [-0.4, -0.2) is 123 Å². The number of carbonyl (C=O) groups excluding carboxylic acids is 6. The molecule has 0 radical (unpaired) electrons. The highest BCUT2D eigenvalue weighted by atomic mass is 35.5. The van der Waals surface area contributed by atoms with Gasteiger partial charge in [0, 0.05) is 31.6 Å². The van der Waals surface area contributed by atoms with Gasteiger partial charge in [0.2, 0.25) is 17.9 Å². The second kappa shape index (κ2) is 26.2. The third kappa shape index (κ3) is 14.5. The lowest BCUT2D eigenvalue weighted by molar-refractivity contribution is -0.156. The van der Waals surface area contributed by atoms with Gasteiger partial charge >= 0.3 is 6.03 Å². The lowest BCUT2D eigenvalue weighted by Crippen LogP contribution is -2.63.